The van der Waals surface area contributed by atoms with Crippen LogP contribution in [0.25, 0.3) is 0 Å². The van der Waals surface area contributed by atoms with E-state index in [-0.39, 0.29) is 12.3 Å². The fourth-order valence-electron chi connectivity index (χ4n) is 1.57. The first-order chi connectivity index (χ1) is 9.06. The van der Waals surface area contributed by atoms with Crippen LogP contribution in [-0.4, -0.2) is 16.1 Å². The molecule has 1 N–H and O–H groups in total. The molecule has 0 atom stereocenters. The highest BCUT2D eigenvalue weighted by Crippen LogP contribution is 2.23. The first-order valence-corrected chi connectivity index (χ1v) is 6.01. The molecule has 4 nitrogen and oxygen atoms in total. The van der Waals surface area contributed by atoms with Crippen LogP contribution in [0.5, 0.6) is 5.75 Å². The maximum absolute atomic E-state index is 10.8. The van der Waals surface area contributed by atoms with E-state index >= 15 is 0 Å². The minimum absolute atomic E-state index is 0.00363. The summed E-state index contributed by atoms with van der Waals surface area (Å²) in [6.45, 7) is 2.19. The molecular weight excluding hydrogens is 266 g/mol. The van der Waals surface area contributed by atoms with Gasteiger partial charge in [0.05, 0.1) is 0 Å². The van der Waals surface area contributed by atoms with Gasteiger partial charge in [-0.05, 0) is 42.3 Å². The summed E-state index contributed by atoms with van der Waals surface area (Å²) in [5, 5.41) is 9.45. The minimum Gasteiger partial charge on any atom is -0.489 e. The lowest BCUT2D eigenvalue weighted by Gasteiger charge is -2.09. The molecule has 19 heavy (non-hydrogen) atoms. The summed E-state index contributed by atoms with van der Waals surface area (Å²) in [6, 6.07) is 8.59. The number of aromatic nitrogens is 1. The van der Waals surface area contributed by atoms with Crippen LogP contribution in [0, 0.1) is 6.92 Å². The number of halogens is 1. The number of benzene rings is 1. The third kappa shape index (κ3) is 3.45. The molecular formula is C14H12ClNO3. The molecule has 0 aliphatic rings. The van der Waals surface area contributed by atoms with Gasteiger partial charge < -0.3 is 9.84 Å². The Morgan fingerprint density at radius 1 is 1.37 bits per heavy atom. The zero-order valence-corrected chi connectivity index (χ0v) is 11.0. The largest absolute Gasteiger partial charge is 0.489 e. The van der Waals surface area contributed by atoms with Crippen molar-refractivity contribution in [1.82, 2.24) is 4.98 Å². The second-order valence-electron chi connectivity index (χ2n) is 4.05. The van der Waals surface area contributed by atoms with Crippen LogP contribution in [0.4, 0.5) is 0 Å². The van der Waals surface area contributed by atoms with E-state index in [0.717, 1.165) is 11.1 Å². The predicted octanol–water partition coefficient (Wildman–Crippen LogP) is 3.32. The first kappa shape index (κ1) is 13.4. The Balaban J connectivity index is 2.12. The molecule has 0 saturated carbocycles. The molecule has 1 aromatic carbocycles. The van der Waals surface area contributed by atoms with Crippen molar-refractivity contribution < 1.29 is 14.6 Å². The molecule has 0 saturated heterocycles. The summed E-state index contributed by atoms with van der Waals surface area (Å²) in [5.41, 5.74) is 1.72. The number of nitrogens with zero attached hydrogens (tertiary/aromatic N) is 1. The number of hydrogen-bond acceptors (Lipinski definition) is 3. The number of ether oxygens (including phenoxy) is 1. The molecule has 5 heteroatoms. The Kier molecular flexibility index (Phi) is 4.02. The quantitative estimate of drug-likeness (QED) is 0.931. The molecule has 0 aliphatic heterocycles. The molecule has 2 aromatic rings. The van der Waals surface area contributed by atoms with Crippen molar-refractivity contribution in [2.75, 3.05) is 0 Å². The highest BCUT2D eigenvalue weighted by atomic mass is 35.5. The molecule has 0 fully saturated rings. The smallest absolute Gasteiger partial charge is 0.354 e. The first-order valence-electron chi connectivity index (χ1n) is 5.63. The second kappa shape index (κ2) is 5.71. The van der Waals surface area contributed by atoms with Gasteiger partial charge in [-0.25, -0.2) is 9.78 Å². The van der Waals surface area contributed by atoms with E-state index in [9.17, 15) is 4.79 Å². The third-order valence-corrected chi connectivity index (χ3v) is 2.82. The second-order valence-corrected chi connectivity index (χ2v) is 4.49. The monoisotopic (exact) mass is 277 g/mol. The highest BCUT2D eigenvalue weighted by Gasteiger charge is 2.06. The Bertz CT molecular complexity index is 613. The lowest BCUT2D eigenvalue weighted by Crippen LogP contribution is -2.03. The van der Waals surface area contributed by atoms with Crippen LogP contribution in [0.1, 0.15) is 21.6 Å². The molecule has 2 rings (SSSR count). The zero-order chi connectivity index (χ0) is 13.8. The fourth-order valence-corrected chi connectivity index (χ4v) is 1.73. The van der Waals surface area contributed by atoms with Crippen molar-refractivity contribution in [3.05, 3.63) is 58.4 Å². The topological polar surface area (TPSA) is 59.4 Å². The molecule has 1 heterocycles. The van der Waals surface area contributed by atoms with Gasteiger partial charge in [0.2, 0.25) is 0 Å². The number of rotatable bonds is 4. The Morgan fingerprint density at radius 2 is 2.16 bits per heavy atom. The van der Waals surface area contributed by atoms with E-state index in [2.05, 4.69) is 4.98 Å². The number of carboxylic acid groups (broad SMARTS) is 1. The average Bonchev–Trinajstić information content (AvgIpc) is 2.40. The standard InChI is InChI=1S/C14H12ClNO3/c1-9-2-3-11(15)7-13(9)19-8-10-4-5-16-12(6-10)14(17)18/h2-7H,8H2,1H3,(H,17,18). The number of carboxylic acids is 1. The fraction of sp³-hybridized carbons (Fsp3) is 0.143. The van der Waals surface area contributed by atoms with Gasteiger partial charge in [0.25, 0.3) is 0 Å². The van der Waals surface area contributed by atoms with Gasteiger partial charge in [-0.2, -0.15) is 0 Å². The van der Waals surface area contributed by atoms with Crippen LogP contribution < -0.4 is 4.74 Å². The minimum atomic E-state index is -1.05. The Labute approximate surface area is 115 Å². The van der Waals surface area contributed by atoms with Crippen molar-refractivity contribution in [3.8, 4) is 5.75 Å². The maximum Gasteiger partial charge on any atom is 0.354 e. The summed E-state index contributed by atoms with van der Waals surface area (Å²) in [5.74, 6) is -0.373. The normalized spacial score (nSPS) is 10.2. The molecule has 98 valence electrons. The van der Waals surface area contributed by atoms with Crippen LogP contribution in [0.3, 0.4) is 0 Å². The molecule has 0 amide bonds. The van der Waals surface area contributed by atoms with Crippen LogP contribution >= 0.6 is 11.6 Å². The zero-order valence-electron chi connectivity index (χ0n) is 10.3. The van der Waals surface area contributed by atoms with E-state index < -0.39 is 5.97 Å². The number of hydrogen-bond donors (Lipinski definition) is 1. The van der Waals surface area contributed by atoms with Gasteiger partial charge in [0.1, 0.15) is 18.1 Å². The van der Waals surface area contributed by atoms with Crippen molar-refractivity contribution in [2.24, 2.45) is 0 Å². The SMILES string of the molecule is Cc1ccc(Cl)cc1OCc1ccnc(C(=O)O)c1. The van der Waals surface area contributed by atoms with Crippen molar-refractivity contribution in [3.63, 3.8) is 0 Å². The average molecular weight is 278 g/mol. The van der Waals surface area contributed by atoms with E-state index in [1.54, 1.807) is 18.2 Å². The van der Waals surface area contributed by atoms with E-state index in [1.165, 1.54) is 12.3 Å². The summed E-state index contributed by atoms with van der Waals surface area (Å²) < 4.78 is 5.63. The van der Waals surface area contributed by atoms with Crippen molar-refractivity contribution >= 4 is 17.6 Å². The van der Waals surface area contributed by atoms with Crippen LogP contribution in [-0.2, 0) is 6.61 Å². The highest BCUT2D eigenvalue weighted by molar-refractivity contribution is 6.30. The molecule has 0 aliphatic carbocycles. The van der Waals surface area contributed by atoms with E-state index in [1.807, 2.05) is 13.0 Å². The maximum atomic E-state index is 10.8. The van der Waals surface area contributed by atoms with E-state index in [0.29, 0.717) is 10.8 Å². The molecule has 0 unspecified atom stereocenters. The van der Waals surface area contributed by atoms with Crippen LogP contribution in [0.2, 0.25) is 5.02 Å². The van der Waals surface area contributed by atoms with Gasteiger partial charge in [0.15, 0.2) is 0 Å². The predicted molar refractivity (Wildman–Crippen MR) is 71.7 cm³/mol. The molecule has 0 bridgehead atoms. The summed E-state index contributed by atoms with van der Waals surface area (Å²) in [6.07, 6.45) is 1.45. The number of aromatic carboxylic acids is 1. The van der Waals surface area contributed by atoms with Crippen LogP contribution in [0.15, 0.2) is 36.5 Å². The lowest BCUT2D eigenvalue weighted by molar-refractivity contribution is 0.0690. The molecule has 1 aromatic heterocycles. The number of carbonyl (C=O) groups is 1. The summed E-state index contributed by atoms with van der Waals surface area (Å²) >= 11 is 5.90. The summed E-state index contributed by atoms with van der Waals surface area (Å²) in [4.78, 5) is 14.6. The van der Waals surface area contributed by atoms with E-state index in [4.69, 9.17) is 21.4 Å². The Morgan fingerprint density at radius 3 is 2.89 bits per heavy atom. The van der Waals surface area contributed by atoms with Gasteiger partial charge in [-0.3, -0.25) is 0 Å². The van der Waals surface area contributed by atoms with Gasteiger partial charge >= 0.3 is 5.97 Å². The molecule has 0 spiro atoms. The van der Waals surface area contributed by atoms with Gasteiger partial charge in [-0.15, -0.1) is 0 Å². The van der Waals surface area contributed by atoms with Crippen molar-refractivity contribution in [1.29, 1.82) is 0 Å². The third-order valence-electron chi connectivity index (χ3n) is 2.59. The number of pyridine rings is 1. The molecule has 0 radical (unpaired) electrons. The summed E-state index contributed by atoms with van der Waals surface area (Å²) in [7, 11) is 0. The lowest BCUT2D eigenvalue weighted by atomic mass is 10.2. The number of aryl methyl sites for hydroxylation is 1. The Hall–Kier alpha value is -2.07. The van der Waals surface area contributed by atoms with Gasteiger partial charge in [0, 0.05) is 11.2 Å². The van der Waals surface area contributed by atoms with Crippen molar-refractivity contribution in [2.45, 2.75) is 13.5 Å². The van der Waals surface area contributed by atoms with Gasteiger partial charge in [-0.1, -0.05) is 17.7 Å².